The van der Waals surface area contributed by atoms with Gasteiger partial charge in [0.1, 0.15) is 0 Å². The molecule has 0 unspecified atom stereocenters. The maximum absolute atomic E-state index is 13.3. The van der Waals surface area contributed by atoms with Crippen LogP contribution in [-0.2, 0) is 16.6 Å². The van der Waals surface area contributed by atoms with Gasteiger partial charge in [-0.1, -0.05) is 23.7 Å². The first kappa shape index (κ1) is 21.5. The Labute approximate surface area is 166 Å². The molecule has 0 radical (unpaired) electrons. The molecule has 0 aromatic heterocycles. The smallest absolute Gasteiger partial charge is 0.243 e. The quantitative estimate of drug-likeness (QED) is 0.633. The van der Waals surface area contributed by atoms with Gasteiger partial charge in [0.05, 0.1) is 19.1 Å². The van der Waals surface area contributed by atoms with E-state index in [9.17, 15) is 8.42 Å². The van der Waals surface area contributed by atoms with Crippen LogP contribution in [-0.4, -0.2) is 59.0 Å². The standard InChI is InChI=1S/C19H25ClN2O4S/c1-21(2)11-12-22(14-15-5-7-16(20)8-6-15)27(23,24)17-9-10-18(25-3)19(13-17)26-4/h5-10,13H,11-12,14H2,1-4H3. The number of benzene rings is 2. The first-order valence-corrected chi connectivity index (χ1v) is 10.2. The number of hydrogen-bond acceptors (Lipinski definition) is 5. The summed E-state index contributed by atoms with van der Waals surface area (Å²) in [5.41, 5.74) is 0.863. The SMILES string of the molecule is COc1ccc(S(=O)(=O)N(CCN(C)C)Cc2ccc(Cl)cc2)cc1OC. The Bertz CT molecular complexity index is 855. The van der Waals surface area contributed by atoms with Crippen LogP contribution >= 0.6 is 11.6 Å². The maximum Gasteiger partial charge on any atom is 0.243 e. The minimum absolute atomic E-state index is 0.160. The van der Waals surface area contributed by atoms with Crippen LogP contribution in [0.3, 0.4) is 0 Å². The second-order valence-electron chi connectivity index (χ2n) is 6.29. The number of ether oxygens (including phenoxy) is 2. The van der Waals surface area contributed by atoms with E-state index in [1.807, 2.05) is 31.1 Å². The normalized spacial score (nSPS) is 11.8. The van der Waals surface area contributed by atoms with Gasteiger partial charge >= 0.3 is 0 Å². The Kier molecular flexibility index (Phi) is 7.49. The molecule has 2 aromatic rings. The van der Waals surface area contributed by atoms with E-state index < -0.39 is 10.0 Å². The average molecular weight is 413 g/mol. The van der Waals surface area contributed by atoms with Crippen molar-refractivity contribution in [3.05, 3.63) is 53.1 Å². The zero-order valence-corrected chi connectivity index (χ0v) is 17.5. The molecule has 0 amide bonds. The van der Waals surface area contributed by atoms with Gasteiger partial charge in [-0.25, -0.2) is 8.42 Å². The molecule has 0 aliphatic carbocycles. The number of nitrogens with zero attached hydrogens (tertiary/aromatic N) is 2. The van der Waals surface area contributed by atoms with Crippen molar-refractivity contribution >= 4 is 21.6 Å². The summed E-state index contributed by atoms with van der Waals surface area (Å²) in [6.45, 7) is 1.20. The van der Waals surface area contributed by atoms with Crippen molar-refractivity contribution in [3.63, 3.8) is 0 Å². The van der Waals surface area contributed by atoms with Crippen LogP contribution < -0.4 is 9.47 Å². The number of hydrogen-bond donors (Lipinski definition) is 0. The fraction of sp³-hybridized carbons (Fsp3) is 0.368. The van der Waals surface area contributed by atoms with Crippen LogP contribution in [0, 0.1) is 0 Å². The van der Waals surface area contributed by atoms with E-state index in [-0.39, 0.29) is 11.4 Å². The second-order valence-corrected chi connectivity index (χ2v) is 8.66. The zero-order valence-electron chi connectivity index (χ0n) is 16.0. The lowest BCUT2D eigenvalue weighted by Crippen LogP contribution is -2.36. The van der Waals surface area contributed by atoms with E-state index >= 15 is 0 Å². The number of likely N-dealkylation sites (N-methyl/N-ethyl adjacent to an activating group) is 1. The molecule has 0 saturated carbocycles. The highest BCUT2D eigenvalue weighted by Crippen LogP contribution is 2.31. The van der Waals surface area contributed by atoms with E-state index in [2.05, 4.69) is 0 Å². The summed E-state index contributed by atoms with van der Waals surface area (Å²) in [4.78, 5) is 2.10. The van der Waals surface area contributed by atoms with Crippen LogP contribution in [0.5, 0.6) is 11.5 Å². The van der Waals surface area contributed by atoms with Crippen molar-refractivity contribution in [1.82, 2.24) is 9.21 Å². The highest BCUT2D eigenvalue weighted by Gasteiger charge is 2.26. The largest absolute Gasteiger partial charge is 0.493 e. The first-order valence-electron chi connectivity index (χ1n) is 8.39. The third-order valence-corrected chi connectivity index (χ3v) is 6.15. The number of sulfonamides is 1. The fourth-order valence-electron chi connectivity index (χ4n) is 2.52. The zero-order chi connectivity index (χ0) is 20.0. The summed E-state index contributed by atoms with van der Waals surface area (Å²) in [5.74, 6) is 0.853. The Hall–Kier alpha value is -1.80. The fourth-order valence-corrected chi connectivity index (χ4v) is 4.08. The first-order chi connectivity index (χ1) is 12.8. The van der Waals surface area contributed by atoms with Gasteiger partial charge in [-0.15, -0.1) is 0 Å². The van der Waals surface area contributed by atoms with E-state index in [1.54, 1.807) is 18.2 Å². The summed E-state index contributed by atoms with van der Waals surface area (Å²) < 4.78 is 38.4. The number of halogens is 1. The molecular formula is C19H25ClN2O4S. The van der Waals surface area contributed by atoms with Gasteiger partial charge in [0.15, 0.2) is 11.5 Å². The molecule has 0 heterocycles. The summed E-state index contributed by atoms with van der Waals surface area (Å²) in [5, 5.41) is 0.612. The monoisotopic (exact) mass is 412 g/mol. The molecule has 0 aliphatic rings. The molecule has 0 bridgehead atoms. The summed E-state index contributed by atoms with van der Waals surface area (Å²) in [6.07, 6.45) is 0. The minimum atomic E-state index is -3.72. The molecule has 2 aromatic carbocycles. The molecule has 0 aliphatic heterocycles. The molecule has 148 valence electrons. The molecule has 0 saturated heterocycles. The molecular weight excluding hydrogens is 388 g/mol. The van der Waals surface area contributed by atoms with Crippen molar-refractivity contribution in [2.24, 2.45) is 0 Å². The van der Waals surface area contributed by atoms with E-state index in [0.717, 1.165) is 5.56 Å². The van der Waals surface area contributed by atoms with Crippen LogP contribution in [0.2, 0.25) is 5.02 Å². The van der Waals surface area contributed by atoms with Crippen LogP contribution in [0.4, 0.5) is 0 Å². The molecule has 0 N–H and O–H groups in total. The summed E-state index contributed by atoms with van der Waals surface area (Å²) in [6, 6.07) is 11.8. The number of methoxy groups -OCH3 is 2. The van der Waals surface area contributed by atoms with E-state index in [1.165, 1.54) is 30.7 Å². The van der Waals surface area contributed by atoms with Gasteiger partial charge < -0.3 is 14.4 Å². The molecule has 0 atom stereocenters. The maximum atomic E-state index is 13.3. The average Bonchev–Trinajstić information content (AvgIpc) is 2.65. The van der Waals surface area contributed by atoms with Crippen molar-refractivity contribution in [1.29, 1.82) is 0 Å². The highest BCUT2D eigenvalue weighted by molar-refractivity contribution is 7.89. The van der Waals surface area contributed by atoms with Gasteiger partial charge in [0, 0.05) is 30.7 Å². The highest BCUT2D eigenvalue weighted by atomic mass is 35.5. The van der Waals surface area contributed by atoms with Gasteiger partial charge in [-0.05, 0) is 43.9 Å². The number of rotatable bonds is 9. The van der Waals surface area contributed by atoms with Crippen molar-refractivity contribution < 1.29 is 17.9 Å². The Morgan fingerprint density at radius 2 is 1.56 bits per heavy atom. The molecule has 6 nitrogen and oxygen atoms in total. The second kappa shape index (κ2) is 9.41. The topological polar surface area (TPSA) is 59.1 Å². The van der Waals surface area contributed by atoms with Crippen LogP contribution in [0.25, 0.3) is 0 Å². The van der Waals surface area contributed by atoms with E-state index in [4.69, 9.17) is 21.1 Å². The van der Waals surface area contributed by atoms with E-state index in [0.29, 0.717) is 29.6 Å². The summed E-state index contributed by atoms with van der Waals surface area (Å²) >= 11 is 5.93. The Morgan fingerprint density at radius 3 is 2.11 bits per heavy atom. The lowest BCUT2D eigenvalue weighted by atomic mass is 10.2. The minimum Gasteiger partial charge on any atom is -0.493 e. The van der Waals surface area contributed by atoms with Gasteiger partial charge in [-0.2, -0.15) is 4.31 Å². The predicted molar refractivity (Wildman–Crippen MR) is 107 cm³/mol. The molecule has 0 spiro atoms. The summed E-state index contributed by atoms with van der Waals surface area (Å²) in [7, 11) is 3.08. The lowest BCUT2D eigenvalue weighted by molar-refractivity contribution is 0.328. The van der Waals surface area contributed by atoms with Crippen molar-refractivity contribution in [3.8, 4) is 11.5 Å². The molecule has 27 heavy (non-hydrogen) atoms. The third kappa shape index (κ3) is 5.59. The molecule has 8 heteroatoms. The van der Waals surface area contributed by atoms with Gasteiger partial charge in [0.25, 0.3) is 0 Å². The molecule has 2 rings (SSSR count). The van der Waals surface area contributed by atoms with Crippen molar-refractivity contribution in [2.75, 3.05) is 41.4 Å². The lowest BCUT2D eigenvalue weighted by Gasteiger charge is -2.24. The predicted octanol–water partition coefficient (Wildman–Crippen LogP) is 3.11. The van der Waals surface area contributed by atoms with Gasteiger partial charge in [0.2, 0.25) is 10.0 Å². The molecule has 0 fully saturated rings. The van der Waals surface area contributed by atoms with Gasteiger partial charge in [-0.3, -0.25) is 0 Å². The van der Waals surface area contributed by atoms with Crippen molar-refractivity contribution in [2.45, 2.75) is 11.4 Å². The Balaban J connectivity index is 2.38. The van der Waals surface area contributed by atoms with Crippen LogP contribution in [0.15, 0.2) is 47.4 Å². The Morgan fingerprint density at radius 1 is 0.926 bits per heavy atom. The third-order valence-electron chi connectivity index (χ3n) is 4.06. The van der Waals surface area contributed by atoms with Crippen LogP contribution in [0.1, 0.15) is 5.56 Å².